The summed E-state index contributed by atoms with van der Waals surface area (Å²) in [6.45, 7) is 2.74. The maximum Gasteiger partial charge on any atom is 0.0340 e. The van der Waals surface area contributed by atoms with E-state index >= 15 is 0 Å². The molecule has 0 aliphatic heterocycles. The molecule has 1 aromatic heterocycles. The van der Waals surface area contributed by atoms with E-state index in [0.29, 0.717) is 6.54 Å². The van der Waals surface area contributed by atoms with E-state index in [1.807, 2.05) is 18.3 Å². The maximum absolute atomic E-state index is 5.54. The van der Waals surface area contributed by atoms with Gasteiger partial charge in [-0.1, -0.05) is 24.6 Å². The molecule has 0 bridgehead atoms. The fourth-order valence-corrected chi connectivity index (χ4v) is 1.00. The predicted molar refractivity (Wildman–Crippen MR) is 51.6 cm³/mol. The molecule has 0 saturated carbocycles. The summed E-state index contributed by atoms with van der Waals surface area (Å²) in [5.41, 5.74) is 7.92. The van der Waals surface area contributed by atoms with Crippen LogP contribution < -0.4 is 5.73 Å². The molecule has 0 radical (unpaired) electrons. The lowest BCUT2D eigenvalue weighted by atomic mass is 10.1. The molecule has 2 nitrogen and oxygen atoms in total. The van der Waals surface area contributed by atoms with Crippen LogP contribution in [0.2, 0.25) is 0 Å². The minimum Gasteiger partial charge on any atom is -0.327 e. The Morgan fingerprint density at radius 1 is 1.67 bits per heavy atom. The molecule has 0 spiro atoms. The van der Waals surface area contributed by atoms with E-state index in [9.17, 15) is 0 Å². The summed E-state index contributed by atoms with van der Waals surface area (Å²) in [4.78, 5) is 4.02. The standard InChI is InChI=1S/C10H14N2/c1-2-9(7-11)6-10-4-3-5-12-8-10/h3-6,8H,2,7,11H2,1H3. The Hall–Kier alpha value is -1.15. The van der Waals surface area contributed by atoms with Crippen molar-refractivity contribution in [1.82, 2.24) is 4.98 Å². The second-order valence-corrected chi connectivity index (χ2v) is 2.65. The Bertz CT molecular complexity index is 246. The summed E-state index contributed by atoms with van der Waals surface area (Å²) < 4.78 is 0. The van der Waals surface area contributed by atoms with Gasteiger partial charge in [-0.2, -0.15) is 0 Å². The third-order valence-electron chi connectivity index (χ3n) is 1.77. The highest BCUT2D eigenvalue weighted by Crippen LogP contribution is 2.06. The molecule has 0 saturated heterocycles. The van der Waals surface area contributed by atoms with Gasteiger partial charge < -0.3 is 5.73 Å². The van der Waals surface area contributed by atoms with Crippen LogP contribution in [0, 0.1) is 0 Å². The zero-order valence-corrected chi connectivity index (χ0v) is 7.33. The largest absolute Gasteiger partial charge is 0.327 e. The van der Waals surface area contributed by atoms with Crippen molar-refractivity contribution in [3.63, 3.8) is 0 Å². The SMILES string of the molecule is CCC(=Cc1cccnc1)CN. The van der Waals surface area contributed by atoms with E-state index < -0.39 is 0 Å². The lowest BCUT2D eigenvalue weighted by Gasteiger charge is -1.99. The molecule has 0 unspecified atom stereocenters. The van der Waals surface area contributed by atoms with Crippen LogP contribution in [0.4, 0.5) is 0 Å². The molecule has 0 aliphatic carbocycles. The maximum atomic E-state index is 5.54. The van der Waals surface area contributed by atoms with Crippen molar-refractivity contribution in [2.45, 2.75) is 13.3 Å². The van der Waals surface area contributed by atoms with Crippen LogP contribution in [0.5, 0.6) is 0 Å². The fraction of sp³-hybridized carbons (Fsp3) is 0.300. The van der Waals surface area contributed by atoms with Crippen LogP contribution >= 0.6 is 0 Å². The summed E-state index contributed by atoms with van der Waals surface area (Å²) in [5, 5.41) is 0. The molecule has 0 aromatic carbocycles. The van der Waals surface area contributed by atoms with Crippen molar-refractivity contribution in [3.8, 4) is 0 Å². The van der Waals surface area contributed by atoms with Crippen molar-refractivity contribution >= 4 is 6.08 Å². The Kier molecular flexibility index (Phi) is 3.48. The molecular formula is C10H14N2. The summed E-state index contributed by atoms with van der Waals surface area (Å²) in [5.74, 6) is 0. The lowest BCUT2D eigenvalue weighted by molar-refractivity contribution is 1.02. The van der Waals surface area contributed by atoms with Gasteiger partial charge in [0, 0.05) is 18.9 Å². The normalized spacial score (nSPS) is 11.7. The first-order chi connectivity index (χ1) is 5.86. The van der Waals surface area contributed by atoms with Gasteiger partial charge in [-0.15, -0.1) is 0 Å². The average Bonchev–Trinajstić information content (AvgIpc) is 2.16. The van der Waals surface area contributed by atoms with Crippen LogP contribution in [0.3, 0.4) is 0 Å². The summed E-state index contributed by atoms with van der Waals surface area (Å²) >= 11 is 0. The van der Waals surface area contributed by atoms with Gasteiger partial charge >= 0.3 is 0 Å². The molecular weight excluding hydrogens is 148 g/mol. The van der Waals surface area contributed by atoms with Gasteiger partial charge in [-0.25, -0.2) is 0 Å². The smallest absolute Gasteiger partial charge is 0.0340 e. The van der Waals surface area contributed by atoms with E-state index in [-0.39, 0.29) is 0 Å². The van der Waals surface area contributed by atoms with Gasteiger partial charge in [-0.3, -0.25) is 4.98 Å². The minimum atomic E-state index is 0.630. The van der Waals surface area contributed by atoms with Crippen molar-refractivity contribution in [1.29, 1.82) is 0 Å². The second kappa shape index (κ2) is 4.67. The number of aromatic nitrogens is 1. The average molecular weight is 162 g/mol. The zero-order chi connectivity index (χ0) is 8.81. The highest BCUT2D eigenvalue weighted by molar-refractivity contribution is 5.51. The topological polar surface area (TPSA) is 38.9 Å². The number of pyridine rings is 1. The van der Waals surface area contributed by atoms with Crippen molar-refractivity contribution < 1.29 is 0 Å². The number of nitrogens with zero attached hydrogens (tertiary/aromatic N) is 1. The van der Waals surface area contributed by atoms with Gasteiger partial charge in [0.25, 0.3) is 0 Å². The second-order valence-electron chi connectivity index (χ2n) is 2.65. The van der Waals surface area contributed by atoms with Crippen LogP contribution in [0.25, 0.3) is 6.08 Å². The minimum absolute atomic E-state index is 0.630. The number of hydrogen-bond donors (Lipinski definition) is 1. The molecule has 64 valence electrons. The first-order valence-electron chi connectivity index (χ1n) is 4.16. The Morgan fingerprint density at radius 3 is 3.00 bits per heavy atom. The van der Waals surface area contributed by atoms with Gasteiger partial charge in [0.2, 0.25) is 0 Å². The molecule has 1 heterocycles. The Morgan fingerprint density at radius 2 is 2.50 bits per heavy atom. The highest BCUT2D eigenvalue weighted by atomic mass is 14.6. The van der Waals surface area contributed by atoms with Crippen molar-refractivity contribution in [2.24, 2.45) is 5.73 Å². The molecule has 2 heteroatoms. The van der Waals surface area contributed by atoms with Gasteiger partial charge in [0.15, 0.2) is 0 Å². The summed E-state index contributed by atoms with van der Waals surface area (Å²) in [6.07, 6.45) is 6.70. The molecule has 1 aromatic rings. The Labute approximate surface area is 73.1 Å². The zero-order valence-electron chi connectivity index (χ0n) is 7.33. The quantitative estimate of drug-likeness (QED) is 0.736. The first kappa shape index (κ1) is 8.94. The molecule has 2 N–H and O–H groups in total. The van der Waals surface area contributed by atoms with E-state index in [1.54, 1.807) is 6.20 Å². The molecule has 1 rings (SSSR count). The predicted octanol–water partition coefficient (Wildman–Crippen LogP) is 1.83. The number of nitrogens with two attached hydrogens (primary N) is 1. The van der Waals surface area contributed by atoms with Gasteiger partial charge in [0.1, 0.15) is 0 Å². The van der Waals surface area contributed by atoms with Crippen LogP contribution in [0.15, 0.2) is 30.1 Å². The number of hydrogen-bond acceptors (Lipinski definition) is 2. The van der Waals surface area contributed by atoms with E-state index in [1.165, 1.54) is 5.57 Å². The van der Waals surface area contributed by atoms with Crippen molar-refractivity contribution in [3.05, 3.63) is 35.7 Å². The van der Waals surface area contributed by atoms with E-state index in [4.69, 9.17) is 5.73 Å². The summed E-state index contributed by atoms with van der Waals surface area (Å²) in [6, 6.07) is 3.95. The highest BCUT2D eigenvalue weighted by Gasteiger charge is 1.90. The third-order valence-corrected chi connectivity index (χ3v) is 1.77. The summed E-state index contributed by atoms with van der Waals surface area (Å²) in [7, 11) is 0. The van der Waals surface area contributed by atoms with Crippen LogP contribution in [-0.2, 0) is 0 Å². The number of rotatable bonds is 3. The third kappa shape index (κ3) is 2.47. The molecule has 0 aliphatic rings. The molecule has 0 amide bonds. The molecule has 12 heavy (non-hydrogen) atoms. The van der Waals surface area contributed by atoms with Crippen molar-refractivity contribution in [2.75, 3.05) is 6.54 Å². The molecule has 0 fully saturated rings. The lowest BCUT2D eigenvalue weighted by Crippen LogP contribution is -2.01. The van der Waals surface area contributed by atoms with Gasteiger partial charge in [-0.05, 0) is 18.1 Å². The first-order valence-corrected chi connectivity index (χ1v) is 4.16. The van der Waals surface area contributed by atoms with E-state index in [2.05, 4.69) is 18.0 Å². The Balaban J connectivity index is 2.79. The van der Waals surface area contributed by atoms with Gasteiger partial charge in [0.05, 0.1) is 0 Å². The fourth-order valence-electron chi connectivity index (χ4n) is 1.00. The monoisotopic (exact) mass is 162 g/mol. The van der Waals surface area contributed by atoms with Crippen LogP contribution in [0.1, 0.15) is 18.9 Å². The molecule has 0 atom stereocenters. The van der Waals surface area contributed by atoms with Crippen LogP contribution in [-0.4, -0.2) is 11.5 Å². The van der Waals surface area contributed by atoms with E-state index in [0.717, 1.165) is 12.0 Å².